The van der Waals surface area contributed by atoms with Gasteiger partial charge in [-0.15, -0.1) is 0 Å². The fourth-order valence-corrected chi connectivity index (χ4v) is 4.06. The molecule has 2 aromatic carbocycles. The van der Waals surface area contributed by atoms with E-state index in [0.29, 0.717) is 6.54 Å². The Balaban J connectivity index is 1.95. The van der Waals surface area contributed by atoms with Gasteiger partial charge in [0.1, 0.15) is 0 Å². The van der Waals surface area contributed by atoms with Crippen molar-refractivity contribution in [3.8, 4) is 5.75 Å². The molecule has 1 aliphatic heterocycles. The zero-order valence-corrected chi connectivity index (χ0v) is 16.4. The van der Waals surface area contributed by atoms with Crippen LogP contribution in [0.4, 0.5) is 0 Å². The summed E-state index contributed by atoms with van der Waals surface area (Å²) in [5.41, 5.74) is 1.46. The minimum absolute atomic E-state index is 0.0423. The largest absolute Gasteiger partial charge is 0.502 e. The predicted molar refractivity (Wildman–Crippen MR) is 110 cm³/mol. The van der Waals surface area contributed by atoms with Crippen LogP contribution in [0.5, 0.6) is 5.75 Å². The second-order valence-electron chi connectivity index (χ2n) is 7.57. The van der Waals surface area contributed by atoms with Gasteiger partial charge in [0.05, 0.1) is 12.2 Å². The second kappa shape index (κ2) is 7.54. The normalized spacial score (nSPS) is 16.3. The van der Waals surface area contributed by atoms with E-state index < -0.39 is 11.2 Å². The van der Waals surface area contributed by atoms with Crippen molar-refractivity contribution in [2.45, 2.75) is 31.8 Å². The van der Waals surface area contributed by atoms with Crippen LogP contribution in [0.15, 0.2) is 71.7 Å². The molecule has 0 radical (unpaired) electrons. The summed E-state index contributed by atoms with van der Waals surface area (Å²) in [6.07, 6.45) is 1.08. The number of fused-ring (bicyclic) bond motifs is 1. The zero-order chi connectivity index (χ0) is 20.5. The fourth-order valence-electron chi connectivity index (χ4n) is 4.06. The lowest BCUT2D eigenvalue weighted by atomic mass is 9.83. The van der Waals surface area contributed by atoms with Crippen LogP contribution in [-0.4, -0.2) is 38.3 Å². The van der Waals surface area contributed by atoms with Crippen LogP contribution >= 0.6 is 0 Å². The van der Waals surface area contributed by atoms with Crippen LogP contribution in [0, 0.1) is 0 Å². The standard InChI is InChI=1S/C23H23N3O3/c1-15(2)25-14-18(26-21(23(25)29)22(28)19(27)13-24-26)20(16-9-5-3-6-10-16)17-11-7-4-8-12-17/h3-13,15,18,20,28H,14H2,1-2H3/t18-/m0/s1. The van der Waals surface area contributed by atoms with Gasteiger partial charge in [-0.2, -0.15) is 5.10 Å². The SMILES string of the molecule is CC(C)N1C[C@@H](C(c2ccccc2)c2ccccc2)n2ncc(=O)c(O)c2C1=O. The Labute approximate surface area is 169 Å². The van der Waals surface area contributed by atoms with Crippen LogP contribution in [-0.2, 0) is 0 Å². The minimum atomic E-state index is -0.648. The molecule has 2 heterocycles. The molecule has 1 atom stereocenters. The summed E-state index contributed by atoms with van der Waals surface area (Å²) in [5.74, 6) is -1.03. The van der Waals surface area contributed by atoms with E-state index in [2.05, 4.69) is 29.4 Å². The van der Waals surface area contributed by atoms with Crippen molar-refractivity contribution in [3.05, 3.63) is 93.9 Å². The number of aromatic hydroxyl groups is 1. The summed E-state index contributed by atoms with van der Waals surface area (Å²) in [7, 11) is 0. The molecule has 0 saturated carbocycles. The maximum absolute atomic E-state index is 13.0. The molecule has 0 bridgehead atoms. The molecule has 1 N–H and O–H groups in total. The van der Waals surface area contributed by atoms with Gasteiger partial charge in [0.15, 0.2) is 11.4 Å². The molecule has 0 unspecified atom stereocenters. The van der Waals surface area contributed by atoms with Gasteiger partial charge in [-0.25, -0.2) is 0 Å². The van der Waals surface area contributed by atoms with Gasteiger partial charge < -0.3 is 10.0 Å². The van der Waals surface area contributed by atoms with Crippen molar-refractivity contribution in [1.29, 1.82) is 0 Å². The first kappa shape index (κ1) is 18.9. The first-order valence-corrected chi connectivity index (χ1v) is 9.70. The number of hydrogen-bond donors (Lipinski definition) is 1. The number of rotatable bonds is 4. The molecule has 3 aromatic rings. The van der Waals surface area contributed by atoms with Gasteiger partial charge in [0, 0.05) is 18.5 Å². The Morgan fingerprint density at radius 2 is 1.52 bits per heavy atom. The summed E-state index contributed by atoms with van der Waals surface area (Å²) in [6.45, 7) is 4.28. The maximum atomic E-state index is 13.0. The molecule has 148 valence electrons. The molecule has 1 amide bonds. The highest BCUT2D eigenvalue weighted by atomic mass is 16.3. The van der Waals surface area contributed by atoms with Crippen LogP contribution in [0.2, 0.25) is 0 Å². The highest BCUT2D eigenvalue weighted by Crippen LogP contribution is 2.39. The summed E-state index contributed by atoms with van der Waals surface area (Å²) in [6, 6.07) is 19.7. The third kappa shape index (κ3) is 3.31. The van der Waals surface area contributed by atoms with Gasteiger partial charge in [-0.05, 0) is 25.0 Å². The van der Waals surface area contributed by atoms with E-state index in [1.54, 1.807) is 4.90 Å². The van der Waals surface area contributed by atoms with E-state index >= 15 is 0 Å². The minimum Gasteiger partial charge on any atom is -0.502 e. The number of hydrogen-bond acceptors (Lipinski definition) is 4. The van der Waals surface area contributed by atoms with Gasteiger partial charge in [-0.3, -0.25) is 14.3 Å². The van der Waals surface area contributed by atoms with Crippen molar-refractivity contribution in [3.63, 3.8) is 0 Å². The molecule has 6 nitrogen and oxygen atoms in total. The molecule has 0 aliphatic carbocycles. The number of aromatic nitrogens is 2. The molecule has 6 heteroatoms. The van der Waals surface area contributed by atoms with E-state index in [9.17, 15) is 14.7 Å². The Morgan fingerprint density at radius 3 is 2.03 bits per heavy atom. The summed E-state index contributed by atoms with van der Waals surface area (Å²) in [4.78, 5) is 26.8. The fraction of sp³-hybridized carbons (Fsp3) is 0.261. The van der Waals surface area contributed by atoms with Crippen LogP contribution in [0.1, 0.15) is 47.4 Å². The molecule has 4 rings (SSSR count). The van der Waals surface area contributed by atoms with Gasteiger partial charge in [-0.1, -0.05) is 60.7 Å². The van der Waals surface area contributed by atoms with Gasteiger partial charge >= 0.3 is 0 Å². The molecule has 0 fully saturated rings. The number of nitrogens with zero attached hydrogens (tertiary/aromatic N) is 3. The van der Waals surface area contributed by atoms with E-state index in [4.69, 9.17) is 0 Å². The lowest BCUT2D eigenvalue weighted by Gasteiger charge is -2.40. The third-order valence-electron chi connectivity index (χ3n) is 5.47. The molecule has 1 aromatic heterocycles. The van der Waals surface area contributed by atoms with E-state index in [1.165, 1.54) is 4.68 Å². The van der Waals surface area contributed by atoms with Crippen molar-refractivity contribution in [2.24, 2.45) is 0 Å². The van der Waals surface area contributed by atoms with Crippen LogP contribution < -0.4 is 5.43 Å². The first-order valence-electron chi connectivity index (χ1n) is 9.70. The van der Waals surface area contributed by atoms with Crippen molar-refractivity contribution >= 4 is 5.91 Å². The van der Waals surface area contributed by atoms with Crippen LogP contribution in [0.25, 0.3) is 0 Å². The Hall–Kier alpha value is -3.41. The Kier molecular flexibility index (Phi) is 4.92. The topological polar surface area (TPSA) is 75.4 Å². The predicted octanol–water partition coefficient (Wildman–Crippen LogP) is 3.19. The second-order valence-corrected chi connectivity index (χ2v) is 7.57. The number of benzene rings is 2. The number of carbonyl (C=O) groups excluding carboxylic acids is 1. The molecular formula is C23H23N3O3. The highest BCUT2D eigenvalue weighted by Gasteiger charge is 2.40. The zero-order valence-electron chi connectivity index (χ0n) is 16.4. The molecular weight excluding hydrogens is 366 g/mol. The lowest BCUT2D eigenvalue weighted by molar-refractivity contribution is 0.0570. The maximum Gasteiger partial charge on any atom is 0.276 e. The first-order chi connectivity index (χ1) is 14.0. The van der Waals surface area contributed by atoms with E-state index in [0.717, 1.165) is 17.3 Å². The number of amides is 1. The van der Waals surface area contributed by atoms with Crippen molar-refractivity contribution < 1.29 is 9.90 Å². The van der Waals surface area contributed by atoms with E-state index in [1.807, 2.05) is 50.2 Å². The lowest BCUT2D eigenvalue weighted by Crippen LogP contribution is -2.49. The summed E-state index contributed by atoms with van der Waals surface area (Å²) < 4.78 is 1.53. The van der Waals surface area contributed by atoms with Gasteiger partial charge in [0.25, 0.3) is 5.91 Å². The average molecular weight is 389 g/mol. The molecule has 0 saturated heterocycles. The summed E-state index contributed by atoms with van der Waals surface area (Å²) >= 11 is 0. The number of carbonyl (C=O) groups is 1. The van der Waals surface area contributed by atoms with E-state index in [-0.39, 0.29) is 29.6 Å². The third-order valence-corrected chi connectivity index (χ3v) is 5.47. The summed E-state index contributed by atoms with van der Waals surface area (Å²) in [5, 5.41) is 14.7. The average Bonchev–Trinajstić information content (AvgIpc) is 2.73. The van der Waals surface area contributed by atoms with Crippen molar-refractivity contribution in [2.75, 3.05) is 6.54 Å². The monoisotopic (exact) mass is 389 g/mol. The Bertz CT molecular complexity index is 1040. The van der Waals surface area contributed by atoms with Crippen molar-refractivity contribution in [1.82, 2.24) is 14.7 Å². The Morgan fingerprint density at radius 1 is 0.966 bits per heavy atom. The quantitative estimate of drug-likeness (QED) is 0.744. The molecule has 1 aliphatic rings. The molecule has 0 spiro atoms. The van der Waals surface area contributed by atoms with Gasteiger partial charge in [0.2, 0.25) is 5.43 Å². The van der Waals surface area contributed by atoms with Crippen LogP contribution in [0.3, 0.4) is 0 Å². The smallest absolute Gasteiger partial charge is 0.276 e. The highest BCUT2D eigenvalue weighted by molar-refractivity contribution is 5.96. The molecule has 29 heavy (non-hydrogen) atoms.